The summed E-state index contributed by atoms with van der Waals surface area (Å²) in [6.07, 6.45) is 4.34. The van der Waals surface area contributed by atoms with Crippen molar-refractivity contribution in [3.63, 3.8) is 0 Å². The number of thioether (sulfide) groups is 1. The third kappa shape index (κ3) is 7.55. The van der Waals surface area contributed by atoms with Gasteiger partial charge in [0.05, 0.1) is 5.75 Å². The number of rotatable bonds is 9. The molecule has 4 nitrogen and oxygen atoms in total. The number of carbonyl (C=O) groups is 2. The van der Waals surface area contributed by atoms with Crippen LogP contribution in [0, 0.1) is 0 Å². The molecule has 31 heavy (non-hydrogen) atoms. The molecule has 0 bridgehead atoms. The van der Waals surface area contributed by atoms with Crippen LogP contribution in [-0.2, 0) is 21.9 Å². The minimum absolute atomic E-state index is 0.0452. The zero-order valence-corrected chi connectivity index (χ0v) is 20.8. The number of hydrogen-bond acceptors (Lipinski definition) is 3. The van der Waals surface area contributed by atoms with Crippen molar-refractivity contribution in [3.8, 4) is 0 Å². The summed E-state index contributed by atoms with van der Waals surface area (Å²) in [5, 5.41) is 3.75. The zero-order valence-electron chi connectivity index (χ0n) is 17.7. The van der Waals surface area contributed by atoms with Crippen LogP contribution in [0.4, 0.5) is 0 Å². The van der Waals surface area contributed by atoms with Gasteiger partial charge in [0.1, 0.15) is 6.04 Å². The van der Waals surface area contributed by atoms with Gasteiger partial charge in [-0.15, -0.1) is 11.8 Å². The SMILES string of the molecule is C[C@@H](C(=O)NC1CCCC1)N(Cc1cccc(Cl)c1)C(=O)CSCc1ccc(Br)cc1. The molecule has 166 valence electrons. The summed E-state index contributed by atoms with van der Waals surface area (Å²) in [4.78, 5) is 27.7. The minimum atomic E-state index is -0.541. The Balaban J connectivity index is 1.65. The molecule has 2 aromatic carbocycles. The molecule has 1 aliphatic rings. The second-order valence-corrected chi connectivity index (χ2v) is 10.3. The predicted octanol–water partition coefficient (Wildman–Crippen LogP) is 5.81. The van der Waals surface area contributed by atoms with Crippen LogP contribution in [0.15, 0.2) is 53.0 Å². The lowest BCUT2D eigenvalue weighted by Crippen LogP contribution is -2.50. The second-order valence-electron chi connectivity index (χ2n) is 7.94. The van der Waals surface area contributed by atoms with Crippen molar-refractivity contribution in [1.29, 1.82) is 0 Å². The van der Waals surface area contributed by atoms with E-state index in [1.54, 1.807) is 16.7 Å². The summed E-state index contributed by atoms with van der Waals surface area (Å²) >= 11 is 11.1. The number of hydrogen-bond donors (Lipinski definition) is 1. The van der Waals surface area contributed by atoms with E-state index in [0.29, 0.717) is 17.3 Å². The molecule has 0 spiro atoms. The van der Waals surface area contributed by atoms with Crippen LogP contribution < -0.4 is 5.32 Å². The summed E-state index contributed by atoms with van der Waals surface area (Å²) in [5.74, 6) is 0.931. The van der Waals surface area contributed by atoms with Gasteiger partial charge in [0.15, 0.2) is 0 Å². The predicted molar refractivity (Wildman–Crippen MR) is 132 cm³/mol. The molecule has 0 aromatic heterocycles. The molecule has 1 N–H and O–H groups in total. The molecule has 1 fully saturated rings. The maximum atomic E-state index is 13.1. The third-order valence-electron chi connectivity index (χ3n) is 5.52. The smallest absolute Gasteiger partial charge is 0.242 e. The molecule has 1 atom stereocenters. The average Bonchev–Trinajstić information content (AvgIpc) is 3.26. The Morgan fingerprint density at radius 1 is 1.16 bits per heavy atom. The van der Waals surface area contributed by atoms with Crippen LogP contribution >= 0.6 is 39.3 Å². The summed E-state index contributed by atoms with van der Waals surface area (Å²) < 4.78 is 1.03. The first-order valence-electron chi connectivity index (χ1n) is 10.6. The number of amides is 2. The highest BCUT2D eigenvalue weighted by Gasteiger charge is 2.28. The molecule has 0 saturated heterocycles. The van der Waals surface area contributed by atoms with E-state index in [1.165, 1.54) is 0 Å². The van der Waals surface area contributed by atoms with E-state index in [0.717, 1.165) is 47.0 Å². The third-order valence-corrected chi connectivity index (χ3v) is 7.27. The van der Waals surface area contributed by atoms with E-state index in [-0.39, 0.29) is 17.9 Å². The van der Waals surface area contributed by atoms with Crippen molar-refractivity contribution >= 4 is 51.1 Å². The molecule has 2 aromatic rings. The topological polar surface area (TPSA) is 49.4 Å². The molecule has 0 aliphatic heterocycles. The Labute approximate surface area is 202 Å². The van der Waals surface area contributed by atoms with Crippen molar-refractivity contribution < 1.29 is 9.59 Å². The lowest BCUT2D eigenvalue weighted by atomic mass is 10.1. The van der Waals surface area contributed by atoms with Crippen LogP contribution in [0.2, 0.25) is 5.02 Å². The average molecular weight is 524 g/mol. The van der Waals surface area contributed by atoms with E-state index < -0.39 is 6.04 Å². The molecule has 0 unspecified atom stereocenters. The van der Waals surface area contributed by atoms with Crippen molar-refractivity contribution in [2.24, 2.45) is 0 Å². The quantitative estimate of drug-likeness (QED) is 0.451. The number of halogens is 2. The van der Waals surface area contributed by atoms with Crippen LogP contribution in [-0.4, -0.2) is 34.6 Å². The van der Waals surface area contributed by atoms with Gasteiger partial charge in [-0.3, -0.25) is 9.59 Å². The minimum Gasteiger partial charge on any atom is -0.352 e. The first-order valence-corrected chi connectivity index (χ1v) is 12.9. The number of nitrogens with one attached hydrogen (secondary N) is 1. The monoisotopic (exact) mass is 522 g/mol. The largest absolute Gasteiger partial charge is 0.352 e. The van der Waals surface area contributed by atoms with Gasteiger partial charge >= 0.3 is 0 Å². The van der Waals surface area contributed by atoms with Gasteiger partial charge in [0.25, 0.3) is 0 Å². The first-order chi connectivity index (χ1) is 14.9. The van der Waals surface area contributed by atoms with Crippen LogP contribution in [0.3, 0.4) is 0 Å². The molecular weight excluding hydrogens is 496 g/mol. The van der Waals surface area contributed by atoms with Crippen LogP contribution in [0.25, 0.3) is 0 Å². The summed E-state index contributed by atoms with van der Waals surface area (Å²) in [6.45, 7) is 2.17. The summed E-state index contributed by atoms with van der Waals surface area (Å²) in [5.41, 5.74) is 2.08. The molecule has 2 amide bonds. The van der Waals surface area contributed by atoms with Crippen molar-refractivity contribution in [2.75, 3.05) is 5.75 Å². The number of nitrogens with zero attached hydrogens (tertiary/aromatic N) is 1. The molecule has 1 aliphatic carbocycles. The fourth-order valence-corrected chi connectivity index (χ4v) is 5.07. The Hall–Kier alpha value is -1.50. The van der Waals surface area contributed by atoms with Gasteiger partial charge < -0.3 is 10.2 Å². The number of benzene rings is 2. The fraction of sp³-hybridized carbons (Fsp3) is 0.417. The van der Waals surface area contributed by atoms with E-state index in [4.69, 9.17) is 11.6 Å². The highest BCUT2D eigenvalue weighted by Crippen LogP contribution is 2.21. The highest BCUT2D eigenvalue weighted by molar-refractivity contribution is 9.10. The molecule has 0 heterocycles. The van der Waals surface area contributed by atoms with E-state index in [1.807, 2.05) is 55.5 Å². The lowest BCUT2D eigenvalue weighted by molar-refractivity contribution is -0.138. The maximum absolute atomic E-state index is 13.1. The van der Waals surface area contributed by atoms with Gasteiger partial charge in [-0.25, -0.2) is 0 Å². The molecule has 7 heteroatoms. The Bertz CT molecular complexity index is 887. The number of carbonyl (C=O) groups excluding carboxylic acids is 2. The lowest BCUT2D eigenvalue weighted by Gasteiger charge is -2.29. The van der Waals surface area contributed by atoms with Gasteiger partial charge in [0, 0.05) is 27.8 Å². The van der Waals surface area contributed by atoms with Gasteiger partial charge in [0.2, 0.25) is 11.8 Å². The summed E-state index contributed by atoms with van der Waals surface area (Å²) in [7, 11) is 0. The highest BCUT2D eigenvalue weighted by atomic mass is 79.9. The van der Waals surface area contributed by atoms with E-state index >= 15 is 0 Å². The molecule has 3 rings (SSSR count). The Morgan fingerprint density at radius 2 is 1.87 bits per heavy atom. The van der Waals surface area contributed by atoms with Crippen molar-refractivity contribution in [2.45, 2.75) is 57.0 Å². The Morgan fingerprint density at radius 3 is 2.55 bits per heavy atom. The standard InChI is InChI=1S/C24H28BrClN2O2S/c1-17(24(30)27-22-7-2-3-8-22)28(14-19-5-4-6-21(26)13-19)23(29)16-31-15-18-9-11-20(25)12-10-18/h4-6,9-13,17,22H,2-3,7-8,14-16H2,1H3,(H,27,30)/t17-/m0/s1. The molecule has 0 radical (unpaired) electrons. The Kier molecular flexibility index (Phi) is 9.30. The molecular formula is C24H28BrClN2O2S. The normalized spacial score (nSPS) is 14.9. The fourth-order valence-electron chi connectivity index (χ4n) is 3.73. The second kappa shape index (κ2) is 11.9. The van der Waals surface area contributed by atoms with Crippen LogP contribution in [0.5, 0.6) is 0 Å². The summed E-state index contributed by atoms with van der Waals surface area (Å²) in [6, 6.07) is 15.2. The van der Waals surface area contributed by atoms with Crippen molar-refractivity contribution in [1.82, 2.24) is 10.2 Å². The zero-order chi connectivity index (χ0) is 22.2. The van der Waals surface area contributed by atoms with Gasteiger partial charge in [-0.2, -0.15) is 0 Å². The maximum Gasteiger partial charge on any atom is 0.242 e. The van der Waals surface area contributed by atoms with E-state index in [9.17, 15) is 9.59 Å². The van der Waals surface area contributed by atoms with E-state index in [2.05, 4.69) is 21.2 Å². The van der Waals surface area contributed by atoms with Crippen molar-refractivity contribution in [3.05, 3.63) is 69.2 Å². The molecule has 1 saturated carbocycles. The first kappa shape index (κ1) is 24.1. The van der Waals surface area contributed by atoms with Gasteiger partial charge in [-0.1, -0.05) is 64.6 Å². The van der Waals surface area contributed by atoms with Gasteiger partial charge in [-0.05, 0) is 55.2 Å². The van der Waals surface area contributed by atoms with Crippen LogP contribution in [0.1, 0.15) is 43.7 Å².